The molecule has 2 aromatic heterocycles. The van der Waals surface area contributed by atoms with Crippen molar-refractivity contribution in [3.63, 3.8) is 0 Å². The van der Waals surface area contributed by atoms with Gasteiger partial charge in [0.25, 0.3) is 0 Å². The van der Waals surface area contributed by atoms with Crippen LogP contribution in [0.1, 0.15) is 12.5 Å². The summed E-state index contributed by atoms with van der Waals surface area (Å²) in [6.07, 6.45) is 1.88. The van der Waals surface area contributed by atoms with Crippen LogP contribution in [0.25, 0.3) is 11.4 Å². The highest BCUT2D eigenvalue weighted by molar-refractivity contribution is 5.63. The van der Waals surface area contributed by atoms with Crippen molar-refractivity contribution >= 4 is 17.7 Å². The number of hydrogen-bond donors (Lipinski definition) is 1. The van der Waals surface area contributed by atoms with Crippen molar-refractivity contribution in [1.82, 2.24) is 19.9 Å². The third-order valence-electron chi connectivity index (χ3n) is 4.80. The Hall–Kier alpha value is -2.52. The zero-order chi connectivity index (χ0) is 18.8. The number of pyridine rings is 1. The van der Waals surface area contributed by atoms with E-state index in [1.165, 1.54) is 0 Å². The molecule has 9 heteroatoms. The number of aryl methyl sites for hydroxylation is 1. The van der Waals surface area contributed by atoms with Crippen molar-refractivity contribution in [3.05, 3.63) is 17.8 Å². The fraction of sp³-hybridized carbons (Fsp3) is 0.556. The van der Waals surface area contributed by atoms with Crippen LogP contribution in [0.15, 0.2) is 12.3 Å². The van der Waals surface area contributed by atoms with Gasteiger partial charge in [-0.2, -0.15) is 15.0 Å². The predicted molar refractivity (Wildman–Crippen MR) is 103 cm³/mol. The monoisotopic (exact) mass is 371 g/mol. The van der Waals surface area contributed by atoms with Crippen LogP contribution in [0, 0.1) is 6.92 Å². The van der Waals surface area contributed by atoms with Gasteiger partial charge in [-0.3, -0.25) is 0 Å². The Morgan fingerprint density at radius 3 is 2.44 bits per heavy atom. The number of nitrogens with zero attached hydrogens (tertiary/aromatic N) is 6. The maximum atomic E-state index is 5.81. The van der Waals surface area contributed by atoms with E-state index in [9.17, 15) is 0 Å². The first kappa shape index (κ1) is 17.9. The van der Waals surface area contributed by atoms with E-state index in [2.05, 4.69) is 21.7 Å². The van der Waals surface area contributed by atoms with Gasteiger partial charge in [-0.15, -0.1) is 0 Å². The first-order valence-corrected chi connectivity index (χ1v) is 9.28. The molecule has 0 saturated carbocycles. The maximum Gasteiger partial charge on any atom is 0.230 e. The molecule has 0 radical (unpaired) electrons. The van der Waals surface area contributed by atoms with Crippen molar-refractivity contribution in [2.75, 3.05) is 61.5 Å². The van der Waals surface area contributed by atoms with Crippen molar-refractivity contribution < 1.29 is 9.47 Å². The lowest BCUT2D eigenvalue weighted by atomic mass is 10.1. The van der Waals surface area contributed by atoms with E-state index in [0.717, 1.165) is 37.3 Å². The van der Waals surface area contributed by atoms with E-state index in [1.807, 2.05) is 13.0 Å². The van der Waals surface area contributed by atoms with Gasteiger partial charge in [0, 0.05) is 37.9 Å². The number of nitrogens with two attached hydrogens (primary N) is 1. The molecule has 2 N–H and O–H groups in total. The van der Waals surface area contributed by atoms with Crippen LogP contribution < -0.4 is 15.5 Å². The highest BCUT2D eigenvalue weighted by Gasteiger charge is 2.23. The standard InChI is InChI=1S/C18H25N7O2/c1-12-9-15(19)20-10-14(12)16-21-17(24-3-6-26-7-4-24)23-18(22-16)25-5-8-27-13(2)11-25/h9-10,13H,3-8,11H2,1-2H3,(H2,19,20)/t13-/m1/s1. The van der Waals surface area contributed by atoms with Crippen molar-refractivity contribution in [1.29, 1.82) is 0 Å². The third-order valence-corrected chi connectivity index (χ3v) is 4.80. The predicted octanol–water partition coefficient (Wildman–Crippen LogP) is 0.886. The van der Waals surface area contributed by atoms with Gasteiger partial charge in [0.05, 0.1) is 25.9 Å². The third kappa shape index (κ3) is 3.93. The van der Waals surface area contributed by atoms with E-state index in [4.69, 9.17) is 30.2 Å². The molecule has 2 fully saturated rings. The largest absolute Gasteiger partial charge is 0.384 e. The van der Waals surface area contributed by atoms with Gasteiger partial charge < -0.3 is 25.0 Å². The van der Waals surface area contributed by atoms with Crippen LogP contribution in [-0.2, 0) is 9.47 Å². The lowest BCUT2D eigenvalue weighted by Gasteiger charge is -2.32. The molecule has 27 heavy (non-hydrogen) atoms. The minimum Gasteiger partial charge on any atom is -0.384 e. The number of morpholine rings is 2. The number of ether oxygens (including phenoxy) is 2. The normalized spacial score (nSPS) is 20.7. The summed E-state index contributed by atoms with van der Waals surface area (Å²) in [5.41, 5.74) is 7.66. The number of aromatic nitrogens is 4. The quantitative estimate of drug-likeness (QED) is 0.842. The molecule has 144 valence electrons. The van der Waals surface area contributed by atoms with Crippen LogP contribution in [0.2, 0.25) is 0 Å². The Morgan fingerprint density at radius 1 is 1.04 bits per heavy atom. The molecule has 0 unspecified atom stereocenters. The molecule has 2 aliphatic heterocycles. The molecular weight excluding hydrogens is 346 g/mol. The van der Waals surface area contributed by atoms with Gasteiger partial charge in [-0.05, 0) is 25.5 Å². The number of anilines is 3. The molecule has 0 aromatic carbocycles. The molecule has 0 aliphatic carbocycles. The summed E-state index contributed by atoms with van der Waals surface area (Å²) in [7, 11) is 0. The first-order chi connectivity index (χ1) is 13.1. The second-order valence-corrected chi connectivity index (χ2v) is 6.91. The summed E-state index contributed by atoms with van der Waals surface area (Å²) >= 11 is 0. The Kier molecular flexibility index (Phi) is 5.04. The van der Waals surface area contributed by atoms with E-state index in [-0.39, 0.29) is 6.10 Å². The minimum atomic E-state index is 0.144. The van der Waals surface area contributed by atoms with Crippen molar-refractivity contribution in [2.45, 2.75) is 20.0 Å². The summed E-state index contributed by atoms with van der Waals surface area (Å²) in [5, 5.41) is 0. The molecule has 2 aromatic rings. The summed E-state index contributed by atoms with van der Waals surface area (Å²) in [6.45, 7) is 9.11. The van der Waals surface area contributed by atoms with E-state index in [1.54, 1.807) is 6.20 Å². The van der Waals surface area contributed by atoms with Gasteiger partial charge in [0.1, 0.15) is 5.82 Å². The SMILES string of the molecule is Cc1cc(N)ncc1-c1nc(N2CCOCC2)nc(N2CCO[C@H](C)C2)n1. The topological polar surface area (TPSA) is 103 Å². The van der Waals surface area contributed by atoms with E-state index < -0.39 is 0 Å². The molecule has 4 rings (SSSR count). The second-order valence-electron chi connectivity index (χ2n) is 6.91. The van der Waals surface area contributed by atoms with Crippen molar-refractivity contribution in [2.24, 2.45) is 0 Å². The number of nitrogen functional groups attached to an aromatic ring is 1. The van der Waals surface area contributed by atoms with Gasteiger partial charge >= 0.3 is 0 Å². The lowest BCUT2D eigenvalue weighted by molar-refractivity contribution is 0.0526. The zero-order valence-electron chi connectivity index (χ0n) is 15.8. The first-order valence-electron chi connectivity index (χ1n) is 9.28. The Labute approximate surface area is 158 Å². The zero-order valence-corrected chi connectivity index (χ0v) is 15.8. The highest BCUT2D eigenvalue weighted by atomic mass is 16.5. The Morgan fingerprint density at radius 2 is 1.74 bits per heavy atom. The summed E-state index contributed by atoms with van der Waals surface area (Å²) in [6, 6.07) is 1.84. The molecule has 2 saturated heterocycles. The average Bonchev–Trinajstić information content (AvgIpc) is 2.68. The average molecular weight is 371 g/mol. The van der Waals surface area contributed by atoms with Gasteiger partial charge in [0.2, 0.25) is 11.9 Å². The molecular formula is C18H25N7O2. The maximum absolute atomic E-state index is 5.81. The molecule has 4 heterocycles. The van der Waals surface area contributed by atoms with Crippen LogP contribution in [-0.4, -0.2) is 72.0 Å². The van der Waals surface area contributed by atoms with E-state index >= 15 is 0 Å². The highest BCUT2D eigenvalue weighted by Crippen LogP contribution is 2.25. The molecule has 0 amide bonds. The molecule has 9 nitrogen and oxygen atoms in total. The van der Waals surface area contributed by atoms with Gasteiger partial charge in [0.15, 0.2) is 5.82 Å². The lowest BCUT2D eigenvalue weighted by Crippen LogP contribution is -2.43. The van der Waals surface area contributed by atoms with Crippen molar-refractivity contribution in [3.8, 4) is 11.4 Å². The van der Waals surface area contributed by atoms with Crippen LogP contribution in [0.4, 0.5) is 17.7 Å². The molecule has 2 aliphatic rings. The summed E-state index contributed by atoms with van der Waals surface area (Å²) in [5.74, 6) is 2.45. The van der Waals surface area contributed by atoms with Crippen LogP contribution in [0.3, 0.4) is 0 Å². The second kappa shape index (κ2) is 7.61. The fourth-order valence-corrected chi connectivity index (χ4v) is 3.33. The van der Waals surface area contributed by atoms with Gasteiger partial charge in [-0.25, -0.2) is 4.98 Å². The number of rotatable bonds is 3. The van der Waals surface area contributed by atoms with E-state index in [0.29, 0.717) is 43.4 Å². The fourth-order valence-electron chi connectivity index (χ4n) is 3.33. The smallest absolute Gasteiger partial charge is 0.230 e. The molecule has 1 atom stereocenters. The number of hydrogen-bond acceptors (Lipinski definition) is 9. The van der Waals surface area contributed by atoms with Gasteiger partial charge in [-0.1, -0.05) is 0 Å². The summed E-state index contributed by atoms with van der Waals surface area (Å²) in [4.78, 5) is 22.8. The minimum absolute atomic E-state index is 0.144. The molecule has 0 spiro atoms. The summed E-state index contributed by atoms with van der Waals surface area (Å²) < 4.78 is 11.1. The van der Waals surface area contributed by atoms with Crippen LogP contribution in [0.5, 0.6) is 0 Å². The van der Waals surface area contributed by atoms with Crippen LogP contribution >= 0.6 is 0 Å². The molecule has 0 bridgehead atoms. The Balaban J connectivity index is 1.76. The Bertz CT molecular complexity index is 810.